The van der Waals surface area contributed by atoms with Gasteiger partial charge in [0.1, 0.15) is 17.2 Å². The zero-order valence-electron chi connectivity index (χ0n) is 12.8. The Bertz CT molecular complexity index is 571. The van der Waals surface area contributed by atoms with Crippen molar-refractivity contribution >= 4 is 17.9 Å². The molecule has 0 atom stereocenters. The van der Waals surface area contributed by atoms with Crippen LogP contribution in [0.5, 0.6) is 0 Å². The molecule has 0 fully saturated rings. The van der Waals surface area contributed by atoms with Crippen molar-refractivity contribution < 1.29 is 27.9 Å². The first-order chi connectivity index (χ1) is 10.8. The van der Waals surface area contributed by atoms with E-state index in [2.05, 4.69) is 10.1 Å². The zero-order chi connectivity index (χ0) is 17.4. The molecular weight excluding hydrogens is 310 g/mol. The van der Waals surface area contributed by atoms with Crippen molar-refractivity contribution in [1.29, 1.82) is 0 Å². The number of halogens is 2. The maximum absolute atomic E-state index is 13.3. The molecule has 0 aliphatic rings. The SMILES string of the molecule is CC(C)CCNC(=O)NC(=O)COC(=O)c1c(F)cccc1F. The quantitative estimate of drug-likeness (QED) is 0.782. The summed E-state index contributed by atoms with van der Waals surface area (Å²) in [5.74, 6) is -4.03. The summed E-state index contributed by atoms with van der Waals surface area (Å²) in [5, 5.41) is 4.39. The summed E-state index contributed by atoms with van der Waals surface area (Å²) in [6, 6.07) is 2.14. The molecule has 8 heteroatoms. The van der Waals surface area contributed by atoms with E-state index in [0.717, 1.165) is 24.6 Å². The van der Waals surface area contributed by atoms with Crippen LogP contribution >= 0.6 is 0 Å². The number of benzene rings is 1. The molecule has 1 aromatic carbocycles. The van der Waals surface area contributed by atoms with Crippen LogP contribution in [-0.4, -0.2) is 31.1 Å². The molecule has 0 aliphatic carbocycles. The van der Waals surface area contributed by atoms with Gasteiger partial charge in [-0.15, -0.1) is 0 Å². The Morgan fingerprint density at radius 3 is 2.35 bits per heavy atom. The summed E-state index contributed by atoms with van der Waals surface area (Å²) in [5.41, 5.74) is -0.887. The van der Waals surface area contributed by atoms with Gasteiger partial charge in [-0.05, 0) is 24.5 Å². The van der Waals surface area contributed by atoms with Crippen LogP contribution in [0.25, 0.3) is 0 Å². The van der Waals surface area contributed by atoms with Crippen LogP contribution in [0.1, 0.15) is 30.6 Å². The molecule has 0 radical (unpaired) electrons. The van der Waals surface area contributed by atoms with Gasteiger partial charge in [0.05, 0.1) is 0 Å². The van der Waals surface area contributed by atoms with E-state index >= 15 is 0 Å². The first kappa shape index (κ1) is 18.5. The van der Waals surface area contributed by atoms with Crippen LogP contribution < -0.4 is 10.6 Å². The number of nitrogens with one attached hydrogen (secondary N) is 2. The van der Waals surface area contributed by atoms with Gasteiger partial charge in [0.25, 0.3) is 5.91 Å². The van der Waals surface area contributed by atoms with Crippen molar-refractivity contribution in [3.05, 3.63) is 35.4 Å². The van der Waals surface area contributed by atoms with Gasteiger partial charge in [-0.2, -0.15) is 0 Å². The third kappa shape index (κ3) is 6.41. The Labute approximate surface area is 132 Å². The van der Waals surface area contributed by atoms with Gasteiger partial charge in [-0.3, -0.25) is 10.1 Å². The van der Waals surface area contributed by atoms with Crippen LogP contribution in [0.2, 0.25) is 0 Å². The third-order valence-corrected chi connectivity index (χ3v) is 2.76. The Hall–Kier alpha value is -2.51. The predicted molar refractivity (Wildman–Crippen MR) is 77.6 cm³/mol. The lowest BCUT2D eigenvalue weighted by Gasteiger charge is -2.09. The van der Waals surface area contributed by atoms with Gasteiger partial charge in [-0.25, -0.2) is 18.4 Å². The number of carbonyl (C=O) groups is 3. The maximum Gasteiger partial charge on any atom is 0.344 e. The second kappa shape index (κ2) is 8.82. The van der Waals surface area contributed by atoms with Crippen molar-refractivity contribution in [2.24, 2.45) is 5.92 Å². The fourth-order valence-electron chi connectivity index (χ4n) is 1.58. The third-order valence-electron chi connectivity index (χ3n) is 2.76. The van der Waals surface area contributed by atoms with Crippen molar-refractivity contribution in [3.63, 3.8) is 0 Å². The van der Waals surface area contributed by atoms with Crippen molar-refractivity contribution in [1.82, 2.24) is 10.6 Å². The minimum atomic E-state index is -1.32. The fraction of sp³-hybridized carbons (Fsp3) is 0.400. The average molecular weight is 328 g/mol. The van der Waals surface area contributed by atoms with Crippen molar-refractivity contribution in [2.45, 2.75) is 20.3 Å². The summed E-state index contributed by atoms with van der Waals surface area (Å²) in [4.78, 5) is 34.3. The van der Waals surface area contributed by atoms with Gasteiger partial charge in [0.15, 0.2) is 6.61 Å². The largest absolute Gasteiger partial charge is 0.452 e. The molecule has 0 spiro atoms. The molecule has 3 amide bonds. The number of hydrogen-bond donors (Lipinski definition) is 2. The molecule has 0 heterocycles. The topological polar surface area (TPSA) is 84.5 Å². The second-order valence-electron chi connectivity index (χ2n) is 5.16. The van der Waals surface area contributed by atoms with E-state index in [4.69, 9.17) is 0 Å². The van der Waals surface area contributed by atoms with Gasteiger partial charge in [0.2, 0.25) is 0 Å². The van der Waals surface area contributed by atoms with Crippen LogP contribution in [0.15, 0.2) is 18.2 Å². The molecule has 1 aromatic rings. The molecule has 0 aromatic heterocycles. The number of rotatable bonds is 6. The minimum absolute atomic E-state index is 0.386. The maximum atomic E-state index is 13.3. The van der Waals surface area contributed by atoms with E-state index in [9.17, 15) is 23.2 Å². The summed E-state index contributed by atoms with van der Waals surface area (Å²) in [7, 11) is 0. The zero-order valence-corrected chi connectivity index (χ0v) is 12.8. The number of hydrogen-bond acceptors (Lipinski definition) is 4. The highest BCUT2D eigenvalue weighted by Gasteiger charge is 2.19. The standard InChI is InChI=1S/C15H18F2N2O4/c1-9(2)6-7-18-15(22)19-12(20)8-23-14(21)13-10(16)4-3-5-11(13)17/h3-5,9H,6-8H2,1-2H3,(H2,18,19,20,22). The Balaban J connectivity index is 2.41. The molecular formula is C15H18F2N2O4. The summed E-state index contributed by atoms with van der Waals surface area (Å²) < 4.78 is 31.2. The Morgan fingerprint density at radius 2 is 1.78 bits per heavy atom. The van der Waals surface area contributed by atoms with E-state index in [-0.39, 0.29) is 0 Å². The van der Waals surface area contributed by atoms with Crippen LogP contribution in [0, 0.1) is 17.6 Å². The minimum Gasteiger partial charge on any atom is -0.452 e. The number of ether oxygens (including phenoxy) is 1. The number of carbonyl (C=O) groups excluding carboxylic acids is 3. The molecule has 126 valence electrons. The molecule has 0 unspecified atom stereocenters. The van der Waals surface area contributed by atoms with Gasteiger partial charge in [-0.1, -0.05) is 19.9 Å². The van der Waals surface area contributed by atoms with E-state index in [0.29, 0.717) is 12.5 Å². The highest BCUT2D eigenvalue weighted by Crippen LogP contribution is 2.13. The molecule has 0 bridgehead atoms. The first-order valence-corrected chi connectivity index (χ1v) is 7.00. The summed E-state index contributed by atoms with van der Waals surface area (Å²) in [6.07, 6.45) is 0.739. The van der Waals surface area contributed by atoms with Gasteiger partial charge >= 0.3 is 12.0 Å². The van der Waals surface area contributed by atoms with Crippen LogP contribution in [0.4, 0.5) is 13.6 Å². The summed E-state index contributed by atoms with van der Waals surface area (Å²) >= 11 is 0. The summed E-state index contributed by atoms with van der Waals surface area (Å²) in [6.45, 7) is 3.51. The number of esters is 1. The molecule has 2 N–H and O–H groups in total. The monoisotopic (exact) mass is 328 g/mol. The van der Waals surface area contributed by atoms with Crippen molar-refractivity contribution in [3.8, 4) is 0 Å². The molecule has 0 saturated heterocycles. The lowest BCUT2D eigenvalue weighted by molar-refractivity contribution is -0.123. The van der Waals surface area contributed by atoms with E-state index in [1.807, 2.05) is 19.2 Å². The smallest absolute Gasteiger partial charge is 0.344 e. The molecule has 0 aliphatic heterocycles. The first-order valence-electron chi connectivity index (χ1n) is 7.00. The highest BCUT2D eigenvalue weighted by atomic mass is 19.1. The van der Waals surface area contributed by atoms with Crippen LogP contribution in [-0.2, 0) is 9.53 Å². The van der Waals surface area contributed by atoms with Crippen LogP contribution in [0.3, 0.4) is 0 Å². The predicted octanol–water partition coefficient (Wildman–Crippen LogP) is 1.99. The number of urea groups is 1. The molecule has 1 rings (SSSR count). The molecule has 23 heavy (non-hydrogen) atoms. The van der Waals surface area contributed by atoms with E-state index in [1.165, 1.54) is 0 Å². The van der Waals surface area contributed by atoms with Gasteiger partial charge < -0.3 is 10.1 Å². The molecule has 0 saturated carbocycles. The number of imide groups is 1. The van der Waals surface area contributed by atoms with E-state index < -0.39 is 41.7 Å². The average Bonchev–Trinajstić information content (AvgIpc) is 2.44. The Morgan fingerprint density at radius 1 is 1.17 bits per heavy atom. The highest BCUT2D eigenvalue weighted by molar-refractivity contribution is 5.97. The fourth-order valence-corrected chi connectivity index (χ4v) is 1.58. The molecule has 6 nitrogen and oxygen atoms in total. The second-order valence-corrected chi connectivity index (χ2v) is 5.16. The Kier molecular flexibility index (Phi) is 7.11. The lowest BCUT2D eigenvalue weighted by Crippen LogP contribution is -2.42. The van der Waals surface area contributed by atoms with E-state index in [1.54, 1.807) is 0 Å². The normalized spacial score (nSPS) is 10.3. The lowest BCUT2D eigenvalue weighted by atomic mass is 10.1. The van der Waals surface area contributed by atoms with Gasteiger partial charge in [0, 0.05) is 6.54 Å². The number of amides is 3. The van der Waals surface area contributed by atoms with Crippen molar-refractivity contribution in [2.75, 3.05) is 13.2 Å².